The van der Waals surface area contributed by atoms with Crippen LogP contribution in [0.2, 0.25) is 0 Å². The van der Waals surface area contributed by atoms with Crippen molar-refractivity contribution in [3.8, 4) is 10.4 Å². The normalized spacial score (nSPS) is 24.5. The van der Waals surface area contributed by atoms with Crippen molar-refractivity contribution in [2.75, 3.05) is 6.54 Å². The van der Waals surface area contributed by atoms with Crippen molar-refractivity contribution >= 4 is 29.0 Å². The third-order valence-corrected chi connectivity index (χ3v) is 8.22. The highest BCUT2D eigenvalue weighted by Gasteiger charge is 2.48. The molecule has 10 heteroatoms. The summed E-state index contributed by atoms with van der Waals surface area (Å²) in [4.78, 5) is 38.8. The molecule has 1 aromatic carbocycles. The number of carbonyl (C=O) groups is 2. The summed E-state index contributed by atoms with van der Waals surface area (Å²) in [5.74, 6) is -0.149. The number of aromatic nitrogens is 2. The van der Waals surface area contributed by atoms with Gasteiger partial charge in [0.15, 0.2) is 5.54 Å². The number of aliphatic hydroxyl groups is 1. The fourth-order valence-corrected chi connectivity index (χ4v) is 6.01. The number of β-amino-alcohol motifs (C(OH)–C–C–N with tert-alkyl or cyclic N) is 1. The predicted molar refractivity (Wildman–Crippen MR) is 140 cm³/mol. The summed E-state index contributed by atoms with van der Waals surface area (Å²) in [6.45, 7) is 9.61. The fourth-order valence-electron chi connectivity index (χ4n) is 5.20. The second-order valence-corrected chi connectivity index (χ2v) is 11.2. The molecule has 0 bridgehead atoms. The first-order chi connectivity index (χ1) is 17.6. The summed E-state index contributed by atoms with van der Waals surface area (Å²) in [5.41, 5.74) is 4.13. The Bertz CT molecular complexity index is 1360. The molecule has 2 aromatic heterocycles. The van der Waals surface area contributed by atoms with Gasteiger partial charge in [0, 0.05) is 19.0 Å². The number of benzene rings is 1. The van der Waals surface area contributed by atoms with Crippen molar-refractivity contribution in [1.29, 1.82) is 0 Å². The van der Waals surface area contributed by atoms with Gasteiger partial charge in [-0.05, 0) is 37.8 Å². The maximum absolute atomic E-state index is 13.8. The van der Waals surface area contributed by atoms with Crippen molar-refractivity contribution in [3.63, 3.8) is 0 Å². The monoisotopic (exact) mass is 521 g/mol. The van der Waals surface area contributed by atoms with Crippen LogP contribution in [0.4, 0.5) is 0 Å². The zero-order chi connectivity index (χ0) is 26.5. The third-order valence-electron chi connectivity index (χ3n) is 7.25. The molecule has 4 atom stereocenters. The van der Waals surface area contributed by atoms with Crippen LogP contribution in [0.1, 0.15) is 55.8 Å². The molecule has 2 N–H and O–H groups in total. The van der Waals surface area contributed by atoms with Crippen molar-refractivity contribution in [3.05, 3.63) is 58.6 Å². The van der Waals surface area contributed by atoms with Gasteiger partial charge >= 0.3 is 0 Å². The van der Waals surface area contributed by atoms with E-state index in [1.807, 2.05) is 57.5 Å². The van der Waals surface area contributed by atoms with Crippen LogP contribution >= 0.6 is 11.3 Å². The molecular weight excluding hydrogens is 490 g/mol. The van der Waals surface area contributed by atoms with Gasteiger partial charge in [-0.2, -0.15) is 0 Å². The molecule has 1 saturated heterocycles. The summed E-state index contributed by atoms with van der Waals surface area (Å²) in [6, 6.07) is 9.00. The van der Waals surface area contributed by atoms with Crippen LogP contribution in [-0.2, 0) is 15.1 Å². The number of amidine groups is 1. The second-order valence-electron chi connectivity index (χ2n) is 10.4. The lowest BCUT2D eigenvalue weighted by Crippen LogP contribution is -2.48. The molecule has 1 fully saturated rings. The number of rotatable bonds is 6. The number of aryl methyl sites for hydroxylation is 2. The highest BCUT2D eigenvalue weighted by atomic mass is 32.1. The lowest BCUT2D eigenvalue weighted by Gasteiger charge is -2.29. The average molecular weight is 522 g/mol. The molecule has 3 aromatic rings. The van der Waals surface area contributed by atoms with Gasteiger partial charge in [-0.25, -0.2) is 9.98 Å². The van der Waals surface area contributed by atoms with E-state index in [1.54, 1.807) is 29.2 Å². The molecular formula is C27H31N5O4S. The largest absolute Gasteiger partial charge is 0.391 e. The van der Waals surface area contributed by atoms with E-state index >= 15 is 0 Å². The van der Waals surface area contributed by atoms with Crippen LogP contribution in [0.5, 0.6) is 0 Å². The first kappa shape index (κ1) is 25.3. The molecule has 9 nitrogen and oxygen atoms in total. The standard InChI is InChI=1S/C27H31N5O4S/c1-14(2)22(21-10-15(3)31-36-21)25(34)32-12-19(33)11-20(32)24-29-26(35)27(5,30-24)18-8-6-17(7-9-18)23-16(4)28-13-37-23/h6-10,13-14,19-20,22,33H,11-12H2,1-5H3,(H,29,30,35)/t19-,20?,22?,27?/m1/s1. The Morgan fingerprint density at radius 1 is 1.27 bits per heavy atom. The topological polar surface area (TPSA) is 121 Å². The summed E-state index contributed by atoms with van der Waals surface area (Å²) < 4.78 is 5.44. The zero-order valence-corrected chi connectivity index (χ0v) is 22.4. The Labute approximate surface area is 219 Å². The number of likely N-dealkylation sites (tertiary alicyclic amines) is 1. The van der Waals surface area contributed by atoms with Crippen LogP contribution in [-0.4, -0.2) is 56.5 Å². The van der Waals surface area contributed by atoms with Gasteiger partial charge in [0.2, 0.25) is 5.91 Å². The number of aliphatic hydroxyl groups excluding tert-OH is 1. The van der Waals surface area contributed by atoms with Gasteiger partial charge in [-0.1, -0.05) is 43.3 Å². The minimum absolute atomic E-state index is 0.0516. The van der Waals surface area contributed by atoms with Gasteiger partial charge in [-0.15, -0.1) is 11.3 Å². The van der Waals surface area contributed by atoms with E-state index in [2.05, 4.69) is 15.5 Å². The number of thiazole rings is 1. The molecule has 2 aliphatic heterocycles. The summed E-state index contributed by atoms with van der Waals surface area (Å²) in [5, 5.41) is 17.4. The zero-order valence-electron chi connectivity index (χ0n) is 21.6. The van der Waals surface area contributed by atoms with Crippen LogP contribution in [0.3, 0.4) is 0 Å². The Hall–Kier alpha value is -3.37. The van der Waals surface area contributed by atoms with E-state index in [0.717, 1.165) is 21.7 Å². The van der Waals surface area contributed by atoms with E-state index in [0.29, 0.717) is 23.7 Å². The first-order valence-electron chi connectivity index (χ1n) is 12.4. The smallest absolute Gasteiger partial charge is 0.257 e. The van der Waals surface area contributed by atoms with Gasteiger partial charge in [0.05, 0.1) is 33.9 Å². The number of carbonyl (C=O) groups excluding carboxylic acids is 2. The molecule has 0 aliphatic carbocycles. The van der Waals surface area contributed by atoms with Crippen molar-refractivity contribution < 1.29 is 19.2 Å². The Morgan fingerprint density at radius 3 is 2.59 bits per heavy atom. The van der Waals surface area contributed by atoms with Crippen molar-refractivity contribution in [1.82, 2.24) is 20.4 Å². The van der Waals surface area contributed by atoms with Crippen molar-refractivity contribution in [2.45, 2.75) is 64.6 Å². The Morgan fingerprint density at radius 2 is 2.00 bits per heavy atom. The molecule has 37 heavy (non-hydrogen) atoms. The number of aliphatic imine (C=N–C) groups is 1. The summed E-state index contributed by atoms with van der Waals surface area (Å²) in [7, 11) is 0. The lowest BCUT2D eigenvalue weighted by molar-refractivity contribution is -0.134. The van der Waals surface area contributed by atoms with Crippen molar-refractivity contribution in [2.24, 2.45) is 10.9 Å². The van der Waals surface area contributed by atoms with E-state index in [1.165, 1.54) is 0 Å². The Balaban J connectivity index is 1.43. The van der Waals surface area contributed by atoms with Crippen LogP contribution in [0.15, 0.2) is 45.4 Å². The van der Waals surface area contributed by atoms with E-state index in [9.17, 15) is 14.7 Å². The van der Waals surface area contributed by atoms with Gasteiger partial charge in [0.25, 0.3) is 5.91 Å². The minimum atomic E-state index is -1.14. The highest BCUT2D eigenvalue weighted by molar-refractivity contribution is 7.13. The number of hydrogen-bond acceptors (Lipinski definition) is 8. The van der Waals surface area contributed by atoms with E-state index in [-0.39, 0.29) is 24.3 Å². The number of hydrogen-bond donors (Lipinski definition) is 2. The summed E-state index contributed by atoms with van der Waals surface area (Å²) >= 11 is 1.57. The second kappa shape index (κ2) is 9.50. The fraction of sp³-hybridized carbons (Fsp3) is 0.444. The quantitative estimate of drug-likeness (QED) is 0.512. The van der Waals surface area contributed by atoms with Crippen LogP contribution in [0, 0.1) is 19.8 Å². The molecule has 0 saturated carbocycles. The molecule has 5 rings (SSSR count). The number of nitrogens with one attached hydrogen (secondary N) is 1. The number of amides is 2. The molecule has 0 spiro atoms. The van der Waals surface area contributed by atoms with Crippen LogP contribution in [0.25, 0.3) is 10.4 Å². The average Bonchev–Trinajstić information content (AvgIpc) is 3.62. The molecule has 2 amide bonds. The van der Waals surface area contributed by atoms with Gasteiger partial charge in [-0.3, -0.25) is 9.59 Å². The maximum Gasteiger partial charge on any atom is 0.257 e. The lowest BCUT2D eigenvalue weighted by atomic mass is 9.91. The summed E-state index contributed by atoms with van der Waals surface area (Å²) in [6.07, 6.45) is -0.420. The highest BCUT2D eigenvalue weighted by Crippen LogP contribution is 2.36. The minimum Gasteiger partial charge on any atom is -0.391 e. The molecule has 4 heterocycles. The predicted octanol–water partition coefficient (Wildman–Crippen LogP) is 3.56. The third kappa shape index (κ3) is 4.48. The van der Waals surface area contributed by atoms with E-state index in [4.69, 9.17) is 9.52 Å². The van der Waals surface area contributed by atoms with Gasteiger partial charge in [0.1, 0.15) is 17.5 Å². The molecule has 2 aliphatic rings. The maximum atomic E-state index is 13.8. The molecule has 194 valence electrons. The molecule has 3 unspecified atom stereocenters. The molecule has 0 radical (unpaired) electrons. The Kier molecular flexibility index (Phi) is 6.49. The van der Waals surface area contributed by atoms with Gasteiger partial charge < -0.3 is 19.8 Å². The first-order valence-corrected chi connectivity index (χ1v) is 13.3. The SMILES string of the molecule is Cc1cc(C(C(=O)N2C[C@H](O)CC2C2=NC(C)(c3ccc(-c4scnc4C)cc3)C(=O)N2)C(C)C)on1. The number of nitrogens with zero attached hydrogens (tertiary/aromatic N) is 4. The van der Waals surface area contributed by atoms with E-state index < -0.39 is 23.6 Å². The van der Waals surface area contributed by atoms with Crippen LogP contribution < -0.4 is 5.32 Å².